The van der Waals surface area contributed by atoms with Crippen LogP contribution in [-0.4, -0.2) is 37.2 Å². The molecule has 1 saturated heterocycles. The smallest absolute Gasteiger partial charge is 0.187 e. The largest absolute Gasteiger partial charge is 0.356 e. The van der Waals surface area contributed by atoms with Crippen LogP contribution in [0.1, 0.15) is 30.5 Å². The average Bonchev–Trinajstić information content (AvgIpc) is 3.16. The summed E-state index contributed by atoms with van der Waals surface area (Å²) in [6.07, 6.45) is 4.64. The van der Waals surface area contributed by atoms with Crippen LogP contribution in [0.2, 0.25) is 0 Å². The Morgan fingerprint density at radius 1 is 1.21 bits per heavy atom. The van der Waals surface area contributed by atoms with Gasteiger partial charge < -0.3 is 14.7 Å². The van der Waals surface area contributed by atoms with Crippen LogP contribution in [0.25, 0.3) is 26.9 Å². The fraction of sp³-hybridized carbons (Fsp3) is 0.417. The second-order valence-electron chi connectivity index (χ2n) is 8.23. The summed E-state index contributed by atoms with van der Waals surface area (Å²) in [5.74, 6) is 0.778. The van der Waals surface area contributed by atoms with E-state index in [0.29, 0.717) is 5.69 Å². The molecular weight excluding hydrogens is 360 g/mol. The van der Waals surface area contributed by atoms with Gasteiger partial charge >= 0.3 is 0 Å². The Bertz CT molecular complexity index is 1030. The van der Waals surface area contributed by atoms with Gasteiger partial charge in [0.1, 0.15) is 0 Å². The molecule has 2 aromatic carbocycles. The lowest BCUT2D eigenvalue weighted by molar-refractivity contribution is 0.350. The van der Waals surface area contributed by atoms with Crippen molar-refractivity contribution in [3.8, 4) is 11.1 Å². The van der Waals surface area contributed by atoms with Gasteiger partial charge in [-0.25, -0.2) is 4.85 Å². The molecule has 3 aromatic rings. The van der Waals surface area contributed by atoms with Gasteiger partial charge in [-0.05, 0) is 82.0 Å². The summed E-state index contributed by atoms with van der Waals surface area (Å²) in [6, 6.07) is 12.1. The highest BCUT2D eigenvalue weighted by atomic mass is 16.5. The van der Waals surface area contributed by atoms with Crippen molar-refractivity contribution in [1.82, 2.24) is 15.4 Å². The van der Waals surface area contributed by atoms with Gasteiger partial charge in [0.2, 0.25) is 0 Å². The Kier molecular flexibility index (Phi) is 5.94. The van der Waals surface area contributed by atoms with Crippen molar-refractivity contribution in [2.75, 3.05) is 27.2 Å². The van der Waals surface area contributed by atoms with Crippen molar-refractivity contribution in [2.45, 2.75) is 32.2 Å². The highest BCUT2D eigenvalue weighted by Gasteiger charge is 2.19. The third-order valence-corrected chi connectivity index (χ3v) is 5.83. The van der Waals surface area contributed by atoms with Gasteiger partial charge in [-0.3, -0.25) is 0 Å². The van der Waals surface area contributed by atoms with Gasteiger partial charge in [0.15, 0.2) is 11.3 Å². The molecule has 0 amide bonds. The first-order valence-corrected chi connectivity index (χ1v) is 10.4. The second kappa shape index (κ2) is 8.77. The summed E-state index contributed by atoms with van der Waals surface area (Å²) in [5, 5.41) is 9.02. The van der Waals surface area contributed by atoms with Gasteiger partial charge in [0.05, 0.1) is 12.3 Å². The number of hydrogen-bond acceptors (Lipinski definition) is 4. The van der Waals surface area contributed by atoms with Crippen LogP contribution in [0.4, 0.5) is 5.69 Å². The maximum Gasteiger partial charge on any atom is 0.187 e. The Labute approximate surface area is 172 Å². The van der Waals surface area contributed by atoms with Gasteiger partial charge in [-0.1, -0.05) is 29.4 Å². The predicted molar refractivity (Wildman–Crippen MR) is 117 cm³/mol. The number of piperidine rings is 1. The van der Waals surface area contributed by atoms with Crippen molar-refractivity contribution in [3.63, 3.8) is 0 Å². The first-order valence-electron chi connectivity index (χ1n) is 10.4. The molecule has 1 aliphatic rings. The lowest BCUT2D eigenvalue weighted by Crippen LogP contribution is -2.27. The van der Waals surface area contributed by atoms with E-state index >= 15 is 0 Å². The fourth-order valence-electron chi connectivity index (χ4n) is 4.29. The minimum absolute atomic E-state index is 0.652. The molecule has 5 nitrogen and oxygen atoms in total. The monoisotopic (exact) mass is 388 g/mol. The molecule has 1 aliphatic heterocycles. The molecule has 0 bridgehead atoms. The Hall–Kier alpha value is -2.68. The summed E-state index contributed by atoms with van der Waals surface area (Å²) >= 11 is 0. The molecule has 0 spiro atoms. The van der Waals surface area contributed by atoms with E-state index in [0.717, 1.165) is 65.3 Å². The number of hydrogen-bond donors (Lipinski definition) is 1. The van der Waals surface area contributed by atoms with Gasteiger partial charge in [0.25, 0.3) is 0 Å². The van der Waals surface area contributed by atoms with Crippen molar-refractivity contribution in [1.29, 1.82) is 0 Å². The molecule has 1 aromatic heterocycles. The molecule has 2 heterocycles. The SMILES string of the molecule is [C-]#[N+]c1cccc(-c2ccc3c(CCC4CCNCC4)noc3c2CN(C)C)c1. The summed E-state index contributed by atoms with van der Waals surface area (Å²) in [5.41, 5.74) is 5.89. The summed E-state index contributed by atoms with van der Waals surface area (Å²) in [7, 11) is 4.12. The molecule has 29 heavy (non-hydrogen) atoms. The fourth-order valence-corrected chi connectivity index (χ4v) is 4.29. The zero-order valence-electron chi connectivity index (χ0n) is 17.2. The number of fused-ring (bicyclic) bond motifs is 1. The molecule has 4 rings (SSSR count). The van der Waals surface area contributed by atoms with E-state index in [1.165, 1.54) is 19.3 Å². The summed E-state index contributed by atoms with van der Waals surface area (Å²) < 4.78 is 5.89. The highest BCUT2D eigenvalue weighted by Crippen LogP contribution is 2.35. The van der Waals surface area contributed by atoms with Crippen LogP contribution in [0.15, 0.2) is 40.9 Å². The normalized spacial score (nSPS) is 15.1. The first kappa shape index (κ1) is 19.6. The minimum atomic E-state index is 0.652. The zero-order valence-corrected chi connectivity index (χ0v) is 17.2. The van der Waals surface area contributed by atoms with Crippen molar-refractivity contribution in [3.05, 3.63) is 59.1 Å². The van der Waals surface area contributed by atoms with Crippen molar-refractivity contribution >= 4 is 16.7 Å². The minimum Gasteiger partial charge on any atom is -0.356 e. The van der Waals surface area contributed by atoms with Crippen LogP contribution in [0.3, 0.4) is 0 Å². The van der Waals surface area contributed by atoms with Gasteiger partial charge in [-0.15, -0.1) is 0 Å². The number of nitrogens with one attached hydrogen (secondary N) is 1. The second-order valence-corrected chi connectivity index (χ2v) is 8.23. The summed E-state index contributed by atoms with van der Waals surface area (Å²) in [6.45, 7) is 10.3. The van der Waals surface area contributed by atoms with Crippen LogP contribution >= 0.6 is 0 Å². The molecule has 150 valence electrons. The molecule has 0 unspecified atom stereocenters. The quantitative estimate of drug-likeness (QED) is 0.601. The third kappa shape index (κ3) is 4.34. The number of benzene rings is 2. The molecule has 0 radical (unpaired) electrons. The molecule has 1 N–H and O–H groups in total. The predicted octanol–water partition coefficient (Wildman–Crippen LogP) is 5.04. The first-order chi connectivity index (χ1) is 14.2. The Morgan fingerprint density at radius 2 is 2.03 bits per heavy atom. The van der Waals surface area contributed by atoms with E-state index in [2.05, 4.69) is 52.5 Å². The van der Waals surface area contributed by atoms with E-state index in [1.807, 2.05) is 18.2 Å². The van der Waals surface area contributed by atoms with Crippen LogP contribution in [0.5, 0.6) is 0 Å². The molecule has 5 heteroatoms. The van der Waals surface area contributed by atoms with Crippen molar-refractivity contribution in [2.24, 2.45) is 5.92 Å². The molecule has 1 fully saturated rings. The van der Waals surface area contributed by atoms with E-state index in [9.17, 15) is 0 Å². The number of aryl methyl sites for hydroxylation is 1. The average molecular weight is 389 g/mol. The maximum absolute atomic E-state index is 7.32. The van der Waals surface area contributed by atoms with E-state index in [-0.39, 0.29) is 0 Å². The standard InChI is InChI=1S/C24H28N4O/c1-25-19-6-4-5-18(15-19)20-8-9-21-23(10-7-17-11-13-26-14-12-17)27-29-24(21)22(20)16-28(2)3/h4-6,8-9,15,17,26H,7,10-14,16H2,2-3H3. The van der Waals surface area contributed by atoms with Crippen molar-refractivity contribution < 1.29 is 4.52 Å². The van der Waals surface area contributed by atoms with E-state index < -0.39 is 0 Å². The molecule has 0 atom stereocenters. The van der Waals surface area contributed by atoms with E-state index in [4.69, 9.17) is 11.1 Å². The molecule has 0 saturated carbocycles. The topological polar surface area (TPSA) is 45.7 Å². The molecule has 0 aliphatic carbocycles. The van der Waals surface area contributed by atoms with Crippen LogP contribution in [-0.2, 0) is 13.0 Å². The highest BCUT2D eigenvalue weighted by molar-refractivity contribution is 5.89. The van der Waals surface area contributed by atoms with Gasteiger partial charge in [-0.2, -0.15) is 0 Å². The third-order valence-electron chi connectivity index (χ3n) is 5.83. The lowest BCUT2D eigenvalue weighted by Gasteiger charge is -2.21. The van der Waals surface area contributed by atoms with Gasteiger partial charge in [0, 0.05) is 17.5 Å². The van der Waals surface area contributed by atoms with Crippen LogP contribution in [0, 0.1) is 12.5 Å². The number of rotatable bonds is 6. The lowest BCUT2D eigenvalue weighted by atomic mass is 9.91. The maximum atomic E-state index is 7.32. The number of aromatic nitrogens is 1. The van der Waals surface area contributed by atoms with Crippen LogP contribution < -0.4 is 5.32 Å². The number of nitrogens with zero attached hydrogens (tertiary/aromatic N) is 3. The van der Waals surface area contributed by atoms with E-state index in [1.54, 1.807) is 0 Å². The molecular formula is C24H28N4O. The Morgan fingerprint density at radius 3 is 2.79 bits per heavy atom. The Balaban J connectivity index is 1.69. The zero-order chi connectivity index (χ0) is 20.2. The summed E-state index contributed by atoms with van der Waals surface area (Å²) in [4.78, 5) is 5.73.